The number of hydrogen-bond acceptors (Lipinski definition) is 4. The molecule has 0 aliphatic rings. The van der Waals surface area contributed by atoms with E-state index in [-0.39, 0.29) is 31.1 Å². The van der Waals surface area contributed by atoms with Crippen LogP contribution in [-0.2, 0) is 19.1 Å². The first-order chi connectivity index (χ1) is 12.6. The molecule has 4 heteroatoms. The first-order valence-electron chi connectivity index (χ1n) is 8.88. The summed E-state index contributed by atoms with van der Waals surface area (Å²) in [5.74, 6) is -0.996. The molecule has 0 spiro atoms. The van der Waals surface area contributed by atoms with E-state index in [1.807, 2.05) is 66.8 Å². The summed E-state index contributed by atoms with van der Waals surface area (Å²) in [6, 6.07) is 0. The van der Waals surface area contributed by atoms with Crippen LogP contribution >= 0.6 is 0 Å². The predicted molar refractivity (Wildman–Crippen MR) is 106 cm³/mol. The average Bonchev–Trinajstić information content (AvgIpc) is 2.61. The Kier molecular flexibility index (Phi) is 15.5. The number of carbonyl (C=O) groups excluding carboxylic acids is 2. The Morgan fingerprint density at radius 1 is 0.769 bits per heavy atom. The maximum absolute atomic E-state index is 11.4. The summed E-state index contributed by atoms with van der Waals surface area (Å²) in [7, 11) is 0. The number of carbonyl (C=O) groups is 2. The summed E-state index contributed by atoms with van der Waals surface area (Å²) in [6.45, 7) is 5.22. The second kappa shape index (κ2) is 17.2. The van der Waals surface area contributed by atoms with Gasteiger partial charge in [-0.2, -0.15) is 0 Å². The molecule has 0 unspecified atom stereocenters. The minimum atomic E-state index is -0.387. The highest BCUT2D eigenvalue weighted by Crippen LogP contribution is 1.98. The quantitative estimate of drug-likeness (QED) is 0.273. The van der Waals surface area contributed by atoms with Crippen LogP contribution in [0.25, 0.3) is 0 Å². The molecule has 0 bridgehead atoms. The zero-order valence-corrected chi connectivity index (χ0v) is 16.0. The highest BCUT2D eigenvalue weighted by molar-refractivity contribution is 5.72. The Morgan fingerprint density at radius 3 is 1.77 bits per heavy atom. The Bertz CT molecular complexity index is 561. The molecule has 0 aromatic heterocycles. The van der Waals surface area contributed by atoms with Crippen molar-refractivity contribution in [2.45, 2.75) is 40.0 Å². The number of allylic oxidation sites excluding steroid dienone is 12. The van der Waals surface area contributed by atoms with E-state index >= 15 is 0 Å². The Morgan fingerprint density at radius 2 is 1.27 bits per heavy atom. The SMILES string of the molecule is CC/C=C/C=C/C=C/C=C/C=C/C=CCCC(=O)OCOC(=O)C(C)C. The third kappa shape index (κ3) is 16.2. The lowest BCUT2D eigenvalue weighted by atomic mass is 10.2. The summed E-state index contributed by atoms with van der Waals surface area (Å²) in [4.78, 5) is 22.6. The molecule has 0 N–H and O–H groups in total. The molecule has 0 aromatic rings. The zero-order valence-electron chi connectivity index (χ0n) is 16.0. The van der Waals surface area contributed by atoms with Gasteiger partial charge in [0, 0.05) is 6.42 Å². The van der Waals surface area contributed by atoms with Crippen molar-refractivity contribution in [2.75, 3.05) is 6.79 Å². The molecule has 0 aliphatic heterocycles. The van der Waals surface area contributed by atoms with E-state index in [2.05, 4.69) is 13.0 Å². The lowest BCUT2D eigenvalue weighted by Crippen LogP contribution is -2.16. The van der Waals surface area contributed by atoms with Gasteiger partial charge in [0.15, 0.2) is 0 Å². The topological polar surface area (TPSA) is 52.6 Å². The van der Waals surface area contributed by atoms with Gasteiger partial charge in [-0.3, -0.25) is 9.59 Å². The van der Waals surface area contributed by atoms with Gasteiger partial charge in [-0.25, -0.2) is 0 Å². The molecule has 0 heterocycles. The van der Waals surface area contributed by atoms with Crippen LogP contribution in [0, 0.1) is 5.92 Å². The standard InChI is InChI=1S/C22H30O4/c1-4-5-6-7-8-9-10-11-12-13-14-15-16-17-18-21(23)25-19-26-22(24)20(2)3/h5-16,20H,4,17-19H2,1-3H3/b6-5+,8-7+,10-9+,12-11+,14-13+,16-15?. The van der Waals surface area contributed by atoms with Crippen molar-refractivity contribution in [3.63, 3.8) is 0 Å². The molecule has 0 rings (SSSR count). The van der Waals surface area contributed by atoms with Crippen molar-refractivity contribution in [3.05, 3.63) is 72.9 Å². The third-order valence-electron chi connectivity index (χ3n) is 2.92. The average molecular weight is 358 g/mol. The third-order valence-corrected chi connectivity index (χ3v) is 2.92. The second-order valence-electron chi connectivity index (χ2n) is 5.60. The number of ether oxygens (including phenoxy) is 2. The fraction of sp³-hybridized carbons (Fsp3) is 0.364. The number of esters is 2. The van der Waals surface area contributed by atoms with Gasteiger partial charge >= 0.3 is 11.9 Å². The lowest BCUT2D eigenvalue weighted by Gasteiger charge is -2.07. The van der Waals surface area contributed by atoms with Gasteiger partial charge in [-0.05, 0) is 12.8 Å². The van der Waals surface area contributed by atoms with Crippen molar-refractivity contribution >= 4 is 11.9 Å². The molecule has 0 amide bonds. The molecule has 0 aromatic carbocycles. The van der Waals surface area contributed by atoms with Gasteiger partial charge in [0.05, 0.1) is 5.92 Å². The molecule has 0 atom stereocenters. The van der Waals surface area contributed by atoms with Crippen LogP contribution in [0.15, 0.2) is 72.9 Å². The van der Waals surface area contributed by atoms with Crippen LogP contribution in [-0.4, -0.2) is 18.7 Å². The normalized spacial score (nSPS) is 12.8. The number of hydrogen-bond donors (Lipinski definition) is 0. The molecule has 142 valence electrons. The van der Waals surface area contributed by atoms with Crippen molar-refractivity contribution in [1.82, 2.24) is 0 Å². The molecule has 4 nitrogen and oxygen atoms in total. The fourth-order valence-electron chi connectivity index (χ4n) is 1.50. The van der Waals surface area contributed by atoms with Crippen molar-refractivity contribution in [3.8, 4) is 0 Å². The van der Waals surface area contributed by atoms with Crippen molar-refractivity contribution in [1.29, 1.82) is 0 Å². The van der Waals surface area contributed by atoms with E-state index in [1.54, 1.807) is 13.8 Å². The minimum absolute atomic E-state index is 0.229. The molecule has 0 aliphatic carbocycles. The van der Waals surface area contributed by atoms with E-state index < -0.39 is 0 Å². The summed E-state index contributed by atoms with van der Waals surface area (Å²) < 4.78 is 9.58. The van der Waals surface area contributed by atoms with Crippen molar-refractivity contribution in [2.24, 2.45) is 5.92 Å². The van der Waals surface area contributed by atoms with E-state index in [9.17, 15) is 9.59 Å². The first kappa shape index (κ1) is 23.4. The van der Waals surface area contributed by atoms with Crippen LogP contribution in [0.3, 0.4) is 0 Å². The molecule has 26 heavy (non-hydrogen) atoms. The molecular formula is C22H30O4. The van der Waals surface area contributed by atoms with E-state index in [1.165, 1.54) is 0 Å². The van der Waals surface area contributed by atoms with Gasteiger partial charge in [0.1, 0.15) is 0 Å². The van der Waals surface area contributed by atoms with Crippen molar-refractivity contribution < 1.29 is 19.1 Å². The van der Waals surface area contributed by atoms with Gasteiger partial charge in [-0.1, -0.05) is 93.7 Å². The summed E-state index contributed by atoms with van der Waals surface area (Å²) >= 11 is 0. The van der Waals surface area contributed by atoms with Crippen LogP contribution in [0.5, 0.6) is 0 Å². The molecule has 0 saturated carbocycles. The molecule has 0 radical (unpaired) electrons. The first-order valence-corrected chi connectivity index (χ1v) is 8.88. The maximum atomic E-state index is 11.4. The van der Waals surface area contributed by atoms with Gasteiger partial charge in [0.25, 0.3) is 0 Å². The monoisotopic (exact) mass is 358 g/mol. The van der Waals surface area contributed by atoms with Gasteiger partial charge in [-0.15, -0.1) is 0 Å². The minimum Gasteiger partial charge on any atom is -0.428 e. The summed E-state index contributed by atoms with van der Waals surface area (Å²) in [5, 5.41) is 0. The Balaban J connectivity index is 3.77. The van der Waals surface area contributed by atoms with Crippen LogP contribution in [0.1, 0.15) is 40.0 Å². The fourth-order valence-corrected chi connectivity index (χ4v) is 1.50. The smallest absolute Gasteiger partial charge is 0.311 e. The Labute approximate surface area is 157 Å². The van der Waals surface area contributed by atoms with Crippen LogP contribution < -0.4 is 0 Å². The molecule has 0 saturated heterocycles. The van der Waals surface area contributed by atoms with E-state index in [0.717, 1.165) is 6.42 Å². The highest BCUT2D eigenvalue weighted by atomic mass is 16.7. The van der Waals surface area contributed by atoms with Crippen LogP contribution in [0.2, 0.25) is 0 Å². The second-order valence-corrected chi connectivity index (χ2v) is 5.60. The number of rotatable bonds is 12. The molecular weight excluding hydrogens is 328 g/mol. The highest BCUT2D eigenvalue weighted by Gasteiger charge is 2.09. The zero-order chi connectivity index (χ0) is 19.5. The van der Waals surface area contributed by atoms with E-state index in [4.69, 9.17) is 9.47 Å². The van der Waals surface area contributed by atoms with Crippen LogP contribution in [0.4, 0.5) is 0 Å². The summed E-state index contributed by atoms with van der Waals surface area (Å²) in [6.07, 6.45) is 25.3. The predicted octanol–water partition coefficient (Wildman–Crippen LogP) is 5.21. The largest absolute Gasteiger partial charge is 0.428 e. The summed E-state index contributed by atoms with van der Waals surface area (Å²) in [5.41, 5.74) is 0. The van der Waals surface area contributed by atoms with Gasteiger partial charge < -0.3 is 9.47 Å². The Hall–Kier alpha value is -2.62. The van der Waals surface area contributed by atoms with Gasteiger partial charge in [0.2, 0.25) is 6.79 Å². The molecule has 0 fully saturated rings. The lowest BCUT2D eigenvalue weighted by molar-refractivity contribution is -0.169. The maximum Gasteiger partial charge on any atom is 0.311 e. The van der Waals surface area contributed by atoms with E-state index in [0.29, 0.717) is 6.42 Å².